The molecule has 3 rings (SSSR count). The number of carbonyl (C=O) groups excluding carboxylic acids is 2. The second-order valence-electron chi connectivity index (χ2n) is 7.02. The lowest BCUT2D eigenvalue weighted by atomic mass is 9.88. The number of halogens is 2. The van der Waals surface area contributed by atoms with E-state index < -0.39 is 23.1 Å². The molecule has 1 fully saturated rings. The average Bonchev–Trinajstić information content (AvgIpc) is 2.77. The molecule has 2 amide bonds. The molecule has 0 spiro atoms. The van der Waals surface area contributed by atoms with Crippen LogP contribution in [0.5, 0.6) is 0 Å². The van der Waals surface area contributed by atoms with Crippen molar-refractivity contribution in [1.29, 1.82) is 0 Å². The van der Waals surface area contributed by atoms with Crippen molar-refractivity contribution < 1.29 is 27.9 Å². The standard InChI is InChI=1S/C22H23F2N3O4/c1-30-22(29)27-12-10-15(11-13-27)20(26-31-2)14-6-8-16(9-7-14)25-21(28)19-17(23)4-3-5-18(19)24/h3-9,15H,10-13H2,1-2H3,(H,25,28)/b26-20+. The maximum absolute atomic E-state index is 13.8. The highest BCUT2D eigenvalue weighted by Crippen LogP contribution is 2.24. The normalized spacial score (nSPS) is 14.8. The highest BCUT2D eigenvalue weighted by molar-refractivity contribution is 6.05. The number of piperidine rings is 1. The van der Waals surface area contributed by atoms with Gasteiger partial charge in [0, 0.05) is 24.7 Å². The van der Waals surface area contributed by atoms with Gasteiger partial charge in [-0.2, -0.15) is 0 Å². The van der Waals surface area contributed by atoms with E-state index >= 15 is 0 Å². The summed E-state index contributed by atoms with van der Waals surface area (Å²) in [5.41, 5.74) is 1.26. The number of hydrogen-bond donors (Lipinski definition) is 1. The first-order valence-electron chi connectivity index (χ1n) is 9.74. The molecule has 31 heavy (non-hydrogen) atoms. The van der Waals surface area contributed by atoms with Gasteiger partial charge >= 0.3 is 6.09 Å². The van der Waals surface area contributed by atoms with Gasteiger partial charge in [-0.15, -0.1) is 0 Å². The van der Waals surface area contributed by atoms with Gasteiger partial charge < -0.3 is 19.8 Å². The number of nitrogens with one attached hydrogen (secondary N) is 1. The lowest BCUT2D eigenvalue weighted by Gasteiger charge is -2.31. The second kappa shape index (κ2) is 10.0. The van der Waals surface area contributed by atoms with E-state index in [1.165, 1.54) is 20.3 Å². The molecule has 0 bridgehead atoms. The summed E-state index contributed by atoms with van der Waals surface area (Å²) in [5.74, 6) is -2.65. The van der Waals surface area contributed by atoms with E-state index in [0.29, 0.717) is 31.6 Å². The number of hydrogen-bond acceptors (Lipinski definition) is 5. The van der Waals surface area contributed by atoms with E-state index in [9.17, 15) is 18.4 Å². The van der Waals surface area contributed by atoms with Crippen LogP contribution in [0.3, 0.4) is 0 Å². The van der Waals surface area contributed by atoms with Gasteiger partial charge in [0.25, 0.3) is 5.91 Å². The Morgan fingerprint density at radius 3 is 2.19 bits per heavy atom. The van der Waals surface area contributed by atoms with Crippen LogP contribution < -0.4 is 5.32 Å². The first kappa shape index (κ1) is 22.2. The fraction of sp³-hybridized carbons (Fsp3) is 0.318. The molecule has 164 valence electrons. The molecule has 1 saturated heterocycles. The molecule has 1 heterocycles. The van der Waals surface area contributed by atoms with Crippen LogP contribution in [0.4, 0.5) is 19.3 Å². The summed E-state index contributed by atoms with van der Waals surface area (Å²) in [6.07, 6.45) is 1.04. The number of rotatable bonds is 5. The minimum absolute atomic E-state index is 0.0776. The summed E-state index contributed by atoms with van der Waals surface area (Å²) in [6.45, 7) is 1.09. The number of anilines is 1. The van der Waals surface area contributed by atoms with E-state index in [1.54, 1.807) is 29.2 Å². The zero-order valence-electron chi connectivity index (χ0n) is 17.2. The molecule has 2 aromatic rings. The van der Waals surface area contributed by atoms with Crippen LogP contribution in [0.1, 0.15) is 28.8 Å². The van der Waals surface area contributed by atoms with Crippen LogP contribution in [-0.2, 0) is 9.57 Å². The zero-order valence-corrected chi connectivity index (χ0v) is 17.2. The number of nitrogens with zero attached hydrogens (tertiary/aromatic N) is 2. The molecule has 0 aliphatic carbocycles. The SMILES string of the molecule is CO/N=C(\c1ccc(NC(=O)c2c(F)cccc2F)cc1)C1CCN(C(=O)OC)CC1. The Morgan fingerprint density at radius 1 is 1.03 bits per heavy atom. The monoisotopic (exact) mass is 431 g/mol. The molecule has 2 aromatic carbocycles. The van der Waals surface area contributed by atoms with E-state index in [0.717, 1.165) is 23.4 Å². The lowest BCUT2D eigenvalue weighted by Crippen LogP contribution is -2.40. The molecule has 1 aliphatic heterocycles. The van der Waals surface area contributed by atoms with Crippen molar-refractivity contribution in [3.63, 3.8) is 0 Å². The Kier molecular flexibility index (Phi) is 7.17. The topological polar surface area (TPSA) is 80.2 Å². The minimum Gasteiger partial charge on any atom is -0.453 e. The third-order valence-electron chi connectivity index (χ3n) is 5.13. The number of carbonyl (C=O) groups is 2. The summed E-state index contributed by atoms with van der Waals surface area (Å²) in [7, 11) is 2.81. The molecular weight excluding hydrogens is 408 g/mol. The van der Waals surface area contributed by atoms with Crippen LogP contribution in [-0.4, -0.2) is 49.9 Å². The van der Waals surface area contributed by atoms with Crippen molar-refractivity contribution in [3.05, 3.63) is 65.2 Å². The van der Waals surface area contributed by atoms with E-state index in [-0.39, 0.29) is 12.0 Å². The summed E-state index contributed by atoms with van der Waals surface area (Å²) in [5, 5.41) is 6.66. The maximum atomic E-state index is 13.8. The maximum Gasteiger partial charge on any atom is 0.409 e. The Bertz CT molecular complexity index is 951. The van der Waals surface area contributed by atoms with Crippen molar-refractivity contribution in [3.8, 4) is 0 Å². The lowest BCUT2D eigenvalue weighted by molar-refractivity contribution is 0.101. The number of benzene rings is 2. The number of likely N-dealkylation sites (tertiary alicyclic amines) is 1. The minimum atomic E-state index is -0.929. The van der Waals surface area contributed by atoms with Crippen molar-refractivity contribution in [1.82, 2.24) is 4.90 Å². The summed E-state index contributed by atoms with van der Waals surface area (Å²) >= 11 is 0. The Labute approximate surface area is 178 Å². The zero-order chi connectivity index (χ0) is 22.4. The van der Waals surface area contributed by atoms with E-state index in [1.807, 2.05) is 0 Å². The van der Waals surface area contributed by atoms with Crippen molar-refractivity contribution in [2.75, 3.05) is 32.6 Å². The third-order valence-corrected chi connectivity index (χ3v) is 5.13. The number of amides is 2. The van der Waals surface area contributed by atoms with E-state index in [4.69, 9.17) is 9.57 Å². The molecule has 9 heteroatoms. The highest BCUT2D eigenvalue weighted by atomic mass is 19.1. The predicted molar refractivity (Wildman–Crippen MR) is 111 cm³/mol. The Hall–Kier alpha value is -3.49. The summed E-state index contributed by atoms with van der Waals surface area (Å²) in [4.78, 5) is 30.6. The van der Waals surface area contributed by atoms with Gasteiger partial charge in [-0.25, -0.2) is 13.6 Å². The second-order valence-corrected chi connectivity index (χ2v) is 7.02. The van der Waals surface area contributed by atoms with Gasteiger partial charge in [-0.05, 0) is 42.7 Å². The van der Waals surface area contributed by atoms with Crippen LogP contribution in [0.15, 0.2) is 47.6 Å². The van der Waals surface area contributed by atoms with Crippen molar-refractivity contribution >= 4 is 23.4 Å². The largest absolute Gasteiger partial charge is 0.453 e. The fourth-order valence-corrected chi connectivity index (χ4v) is 3.56. The third kappa shape index (κ3) is 5.17. The number of oxime groups is 1. The van der Waals surface area contributed by atoms with E-state index in [2.05, 4.69) is 10.5 Å². The molecule has 0 saturated carbocycles. The van der Waals surface area contributed by atoms with Crippen LogP contribution in [0.2, 0.25) is 0 Å². The molecule has 0 unspecified atom stereocenters. The molecule has 1 N–H and O–H groups in total. The van der Waals surface area contributed by atoms with Gasteiger partial charge in [-0.3, -0.25) is 4.79 Å². The van der Waals surface area contributed by atoms with Gasteiger partial charge in [0.05, 0.1) is 12.8 Å². The molecule has 0 aromatic heterocycles. The molecular formula is C22H23F2N3O4. The first-order valence-corrected chi connectivity index (χ1v) is 9.74. The van der Waals surface area contributed by atoms with Gasteiger partial charge in [-0.1, -0.05) is 23.4 Å². The average molecular weight is 431 g/mol. The van der Waals surface area contributed by atoms with Crippen LogP contribution >= 0.6 is 0 Å². The quantitative estimate of drug-likeness (QED) is 0.572. The first-order chi connectivity index (χ1) is 14.9. The van der Waals surface area contributed by atoms with Gasteiger partial charge in [0.2, 0.25) is 0 Å². The molecule has 1 aliphatic rings. The van der Waals surface area contributed by atoms with Crippen LogP contribution in [0, 0.1) is 17.6 Å². The van der Waals surface area contributed by atoms with Gasteiger partial charge in [0.15, 0.2) is 0 Å². The number of ether oxygens (including phenoxy) is 1. The fourth-order valence-electron chi connectivity index (χ4n) is 3.56. The van der Waals surface area contributed by atoms with Crippen LogP contribution in [0.25, 0.3) is 0 Å². The Morgan fingerprint density at radius 2 is 1.65 bits per heavy atom. The predicted octanol–water partition coefficient (Wildman–Crippen LogP) is 4.05. The molecule has 0 atom stereocenters. The van der Waals surface area contributed by atoms with Crippen molar-refractivity contribution in [2.24, 2.45) is 11.1 Å². The summed E-state index contributed by atoms with van der Waals surface area (Å²) < 4.78 is 32.4. The smallest absolute Gasteiger partial charge is 0.409 e. The molecule has 7 nitrogen and oxygen atoms in total. The highest BCUT2D eigenvalue weighted by Gasteiger charge is 2.27. The number of methoxy groups -OCH3 is 1. The van der Waals surface area contributed by atoms with Gasteiger partial charge in [0.1, 0.15) is 24.3 Å². The van der Waals surface area contributed by atoms with Crippen molar-refractivity contribution in [2.45, 2.75) is 12.8 Å². The summed E-state index contributed by atoms with van der Waals surface area (Å²) in [6, 6.07) is 10.00. The molecule has 0 radical (unpaired) electrons. The Balaban J connectivity index is 1.71.